The van der Waals surface area contributed by atoms with Crippen molar-refractivity contribution in [3.8, 4) is 17.2 Å². The maximum atomic E-state index is 12.5. The molecule has 1 aromatic heterocycles. The third-order valence-corrected chi connectivity index (χ3v) is 4.03. The first kappa shape index (κ1) is 16.7. The van der Waals surface area contributed by atoms with Crippen molar-refractivity contribution in [1.82, 2.24) is 10.3 Å². The second-order valence-corrected chi connectivity index (χ2v) is 5.49. The van der Waals surface area contributed by atoms with E-state index in [0.717, 1.165) is 16.5 Å². The lowest BCUT2D eigenvalue weighted by Crippen LogP contribution is -2.22. The lowest BCUT2D eigenvalue weighted by atomic mass is 10.1. The number of aromatic nitrogens is 1. The normalized spacial score (nSPS) is 10.5. The molecular formula is C19H20N2O4. The third-order valence-electron chi connectivity index (χ3n) is 4.03. The van der Waals surface area contributed by atoms with E-state index in [-0.39, 0.29) is 5.91 Å². The zero-order valence-electron chi connectivity index (χ0n) is 14.4. The van der Waals surface area contributed by atoms with Gasteiger partial charge in [0.05, 0.1) is 26.9 Å². The molecule has 6 heteroatoms. The van der Waals surface area contributed by atoms with Crippen LogP contribution < -0.4 is 19.5 Å². The van der Waals surface area contributed by atoms with Gasteiger partial charge in [0.2, 0.25) is 0 Å². The molecule has 0 spiro atoms. The summed E-state index contributed by atoms with van der Waals surface area (Å²) in [5.41, 5.74) is 2.38. The highest BCUT2D eigenvalue weighted by atomic mass is 16.5. The summed E-state index contributed by atoms with van der Waals surface area (Å²) in [5, 5.41) is 3.75. The molecule has 2 N–H and O–H groups in total. The molecule has 0 unspecified atom stereocenters. The number of carbonyl (C=O) groups is 1. The molecule has 0 saturated carbocycles. The summed E-state index contributed by atoms with van der Waals surface area (Å²) in [5.74, 6) is 1.84. The van der Waals surface area contributed by atoms with Gasteiger partial charge in [0.1, 0.15) is 5.75 Å². The first-order valence-electron chi connectivity index (χ1n) is 7.80. The number of aromatic amines is 1. The van der Waals surface area contributed by atoms with Crippen molar-refractivity contribution in [2.45, 2.75) is 6.54 Å². The van der Waals surface area contributed by atoms with Crippen molar-refractivity contribution in [2.75, 3.05) is 21.3 Å². The number of carbonyl (C=O) groups excluding carboxylic acids is 1. The van der Waals surface area contributed by atoms with Gasteiger partial charge in [-0.2, -0.15) is 0 Å². The zero-order valence-corrected chi connectivity index (χ0v) is 14.4. The summed E-state index contributed by atoms with van der Waals surface area (Å²) in [4.78, 5) is 15.6. The van der Waals surface area contributed by atoms with Gasteiger partial charge in [-0.1, -0.05) is 6.07 Å². The SMILES string of the molecule is COc1ccc2[nH]cc(C(=O)NCc3ccc(OC)c(OC)c3)c2c1. The quantitative estimate of drug-likeness (QED) is 0.723. The van der Waals surface area contributed by atoms with Crippen LogP contribution in [-0.4, -0.2) is 32.2 Å². The number of methoxy groups -OCH3 is 3. The molecule has 6 nitrogen and oxygen atoms in total. The highest BCUT2D eigenvalue weighted by Crippen LogP contribution is 2.28. The Labute approximate surface area is 145 Å². The summed E-state index contributed by atoms with van der Waals surface area (Å²) in [6.45, 7) is 0.385. The van der Waals surface area contributed by atoms with Gasteiger partial charge in [-0.05, 0) is 35.9 Å². The van der Waals surface area contributed by atoms with E-state index < -0.39 is 0 Å². The highest BCUT2D eigenvalue weighted by Gasteiger charge is 2.13. The van der Waals surface area contributed by atoms with Crippen molar-refractivity contribution in [3.05, 3.63) is 53.7 Å². The molecule has 0 aliphatic rings. The number of benzene rings is 2. The number of fused-ring (bicyclic) bond motifs is 1. The third kappa shape index (κ3) is 3.38. The summed E-state index contributed by atoms with van der Waals surface area (Å²) in [7, 11) is 4.77. The monoisotopic (exact) mass is 340 g/mol. The first-order valence-corrected chi connectivity index (χ1v) is 7.80. The molecule has 1 heterocycles. The van der Waals surface area contributed by atoms with Crippen LogP contribution >= 0.6 is 0 Å². The zero-order chi connectivity index (χ0) is 17.8. The molecule has 3 rings (SSSR count). The number of hydrogen-bond donors (Lipinski definition) is 2. The minimum Gasteiger partial charge on any atom is -0.497 e. The van der Waals surface area contributed by atoms with Crippen LogP contribution in [0.15, 0.2) is 42.6 Å². The van der Waals surface area contributed by atoms with E-state index in [2.05, 4.69) is 10.3 Å². The van der Waals surface area contributed by atoms with E-state index in [1.54, 1.807) is 27.5 Å². The van der Waals surface area contributed by atoms with Crippen molar-refractivity contribution in [1.29, 1.82) is 0 Å². The van der Waals surface area contributed by atoms with E-state index in [0.29, 0.717) is 29.4 Å². The predicted octanol–water partition coefficient (Wildman–Crippen LogP) is 3.12. The van der Waals surface area contributed by atoms with Crippen molar-refractivity contribution in [2.24, 2.45) is 0 Å². The predicted molar refractivity (Wildman–Crippen MR) is 95.6 cm³/mol. The van der Waals surface area contributed by atoms with Gasteiger partial charge in [0.25, 0.3) is 5.91 Å². The van der Waals surface area contributed by atoms with Crippen LogP contribution in [0, 0.1) is 0 Å². The Balaban J connectivity index is 1.77. The van der Waals surface area contributed by atoms with E-state index in [1.807, 2.05) is 36.4 Å². The summed E-state index contributed by atoms with van der Waals surface area (Å²) in [6, 6.07) is 11.1. The number of amides is 1. The maximum absolute atomic E-state index is 12.5. The Morgan fingerprint density at radius 1 is 1.00 bits per heavy atom. The molecular weight excluding hydrogens is 320 g/mol. The highest BCUT2D eigenvalue weighted by molar-refractivity contribution is 6.07. The Kier molecular flexibility index (Phi) is 4.79. The number of H-pyrrole nitrogens is 1. The fourth-order valence-electron chi connectivity index (χ4n) is 2.68. The number of ether oxygens (including phenoxy) is 3. The van der Waals surface area contributed by atoms with E-state index in [9.17, 15) is 4.79 Å². The van der Waals surface area contributed by atoms with Crippen LogP contribution in [0.25, 0.3) is 10.9 Å². The summed E-state index contributed by atoms with van der Waals surface area (Å²) in [6.07, 6.45) is 1.70. The van der Waals surface area contributed by atoms with Crippen LogP contribution in [0.3, 0.4) is 0 Å². The van der Waals surface area contributed by atoms with Crippen molar-refractivity contribution < 1.29 is 19.0 Å². The van der Waals surface area contributed by atoms with Crippen LogP contribution in [-0.2, 0) is 6.54 Å². The fourth-order valence-corrected chi connectivity index (χ4v) is 2.68. The fraction of sp³-hybridized carbons (Fsp3) is 0.211. The van der Waals surface area contributed by atoms with E-state index in [4.69, 9.17) is 14.2 Å². The van der Waals surface area contributed by atoms with Crippen LogP contribution in [0.5, 0.6) is 17.2 Å². The molecule has 25 heavy (non-hydrogen) atoms. The molecule has 1 amide bonds. The van der Waals surface area contributed by atoms with Crippen molar-refractivity contribution in [3.63, 3.8) is 0 Å². The average molecular weight is 340 g/mol. The number of rotatable bonds is 6. The molecule has 0 aliphatic carbocycles. The van der Waals surface area contributed by atoms with Gasteiger partial charge in [0, 0.05) is 23.6 Å². The van der Waals surface area contributed by atoms with Crippen LogP contribution in [0.2, 0.25) is 0 Å². The molecule has 130 valence electrons. The van der Waals surface area contributed by atoms with Gasteiger partial charge in [-0.3, -0.25) is 4.79 Å². The van der Waals surface area contributed by atoms with Crippen LogP contribution in [0.1, 0.15) is 15.9 Å². The van der Waals surface area contributed by atoms with Crippen molar-refractivity contribution >= 4 is 16.8 Å². The average Bonchev–Trinajstić information content (AvgIpc) is 3.08. The number of hydrogen-bond acceptors (Lipinski definition) is 4. The smallest absolute Gasteiger partial charge is 0.253 e. The van der Waals surface area contributed by atoms with Gasteiger partial charge in [0.15, 0.2) is 11.5 Å². The molecule has 2 aromatic carbocycles. The molecule has 0 atom stereocenters. The molecule has 0 saturated heterocycles. The van der Waals surface area contributed by atoms with E-state index >= 15 is 0 Å². The van der Waals surface area contributed by atoms with Gasteiger partial charge < -0.3 is 24.5 Å². The molecule has 0 bridgehead atoms. The Morgan fingerprint density at radius 2 is 1.80 bits per heavy atom. The molecule has 0 aliphatic heterocycles. The Hall–Kier alpha value is -3.15. The maximum Gasteiger partial charge on any atom is 0.253 e. The molecule has 3 aromatic rings. The molecule has 0 radical (unpaired) electrons. The van der Waals surface area contributed by atoms with Gasteiger partial charge in [-0.25, -0.2) is 0 Å². The van der Waals surface area contributed by atoms with Gasteiger partial charge in [-0.15, -0.1) is 0 Å². The first-order chi connectivity index (χ1) is 12.2. The second kappa shape index (κ2) is 7.17. The standard InChI is InChI=1S/C19H20N2O4/c1-23-13-5-6-16-14(9-13)15(11-20-16)19(22)21-10-12-4-7-17(24-2)18(8-12)25-3/h4-9,11,20H,10H2,1-3H3,(H,21,22). The largest absolute Gasteiger partial charge is 0.497 e. The Morgan fingerprint density at radius 3 is 2.52 bits per heavy atom. The summed E-state index contributed by atoms with van der Waals surface area (Å²) < 4.78 is 15.7. The van der Waals surface area contributed by atoms with E-state index in [1.165, 1.54) is 0 Å². The molecule has 0 fully saturated rings. The van der Waals surface area contributed by atoms with Gasteiger partial charge >= 0.3 is 0 Å². The minimum atomic E-state index is -0.158. The Bertz CT molecular complexity index is 902. The lowest BCUT2D eigenvalue weighted by molar-refractivity contribution is 0.0952. The number of nitrogens with one attached hydrogen (secondary N) is 2. The minimum absolute atomic E-state index is 0.158. The van der Waals surface area contributed by atoms with Crippen LogP contribution in [0.4, 0.5) is 0 Å². The second-order valence-electron chi connectivity index (χ2n) is 5.49. The summed E-state index contributed by atoms with van der Waals surface area (Å²) >= 11 is 0. The topological polar surface area (TPSA) is 72.6 Å². The lowest BCUT2D eigenvalue weighted by Gasteiger charge is -2.10.